The lowest BCUT2D eigenvalue weighted by atomic mass is 9.89. The van der Waals surface area contributed by atoms with Gasteiger partial charge in [0.1, 0.15) is 0 Å². The second-order valence-electron chi connectivity index (χ2n) is 4.28. The van der Waals surface area contributed by atoms with Gasteiger partial charge in [0, 0.05) is 13.5 Å². The summed E-state index contributed by atoms with van der Waals surface area (Å²) >= 11 is 0. The van der Waals surface area contributed by atoms with Crippen LogP contribution in [0, 0.1) is 17.8 Å². The van der Waals surface area contributed by atoms with E-state index in [1.807, 2.05) is 0 Å². The normalized spacial score (nSPS) is 10.2. The van der Waals surface area contributed by atoms with Crippen LogP contribution in [-0.4, -0.2) is 41.5 Å². The van der Waals surface area contributed by atoms with Crippen molar-refractivity contribution in [3.8, 4) is 12.3 Å². The van der Waals surface area contributed by atoms with Crippen molar-refractivity contribution in [2.24, 2.45) is 5.41 Å². The number of hydrogen-bond acceptors (Lipinski definition) is 3. The summed E-state index contributed by atoms with van der Waals surface area (Å²) < 4.78 is 0. The van der Waals surface area contributed by atoms with Crippen LogP contribution in [0.25, 0.3) is 0 Å². The maximum atomic E-state index is 11.4. The van der Waals surface area contributed by atoms with Crippen molar-refractivity contribution in [2.45, 2.75) is 20.3 Å². The smallest absolute Gasteiger partial charge is 0.324 e. The van der Waals surface area contributed by atoms with Gasteiger partial charge in [0.15, 0.2) is 0 Å². The lowest BCUT2D eigenvalue weighted by Gasteiger charge is -2.19. The number of nitrogens with zero attached hydrogens (tertiary/aromatic N) is 1. The van der Waals surface area contributed by atoms with Crippen molar-refractivity contribution in [1.29, 1.82) is 0 Å². The van der Waals surface area contributed by atoms with Crippen LogP contribution >= 0.6 is 0 Å². The summed E-state index contributed by atoms with van der Waals surface area (Å²) in [5, 5.41) is 10.9. The number of urea groups is 1. The van der Waals surface area contributed by atoms with E-state index in [1.165, 1.54) is 20.9 Å². The average molecular weight is 240 g/mol. The lowest BCUT2D eigenvalue weighted by Crippen LogP contribution is -2.43. The average Bonchev–Trinajstić information content (AvgIpc) is 2.16. The van der Waals surface area contributed by atoms with Gasteiger partial charge >= 0.3 is 12.0 Å². The van der Waals surface area contributed by atoms with Gasteiger partial charge < -0.3 is 10.0 Å². The molecular formula is C11H16N2O4. The lowest BCUT2D eigenvalue weighted by molar-refractivity contribution is -0.149. The standard InChI is InChI=1S/C11H16N2O4/c1-5-6-13(4)10(17)12-8(14)7-11(2,3)9(15)16/h1H,6-7H2,2-4H3,(H,15,16)(H,12,14,17). The van der Waals surface area contributed by atoms with E-state index in [4.69, 9.17) is 11.5 Å². The number of carbonyl (C=O) groups is 3. The molecule has 0 aliphatic carbocycles. The number of carbonyl (C=O) groups excluding carboxylic acids is 2. The Morgan fingerprint density at radius 3 is 2.35 bits per heavy atom. The van der Waals surface area contributed by atoms with E-state index < -0.39 is 23.3 Å². The second-order valence-corrected chi connectivity index (χ2v) is 4.28. The minimum atomic E-state index is -1.21. The maximum Gasteiger partial charge on any atom is 0.324 e. The largest absolute Gasteiger partial charge is 0.481 e. The third-order valence-electron chi connectivity index (χ3n) is 2.10. The first kappa shape index (κ1) is 15.0. The van der Waals surface area contributed by atoms with Crippen LogP contribution in [0.3, 0.4) is 0 Å². The van der Waals surface area contributed by atoms with Crippen molar-refractivity contribution in [3.05, 3.63) is 0 Å². The molecule has 2 N–H and O–H groups in total. The van der Waals surface area contributed by atoms with Crippen molar-refractivity contribution in [1.82, 2.24) is 10.2 Å². The number of aliphatic carboxylic acids is 1. The van der Waals surface area contributed by atoms with E-state index in [1.54, 1.807) is 0 Å². The third kappa shape index (κ3) is 5.02. The molecule has 17 heavy (non-hydrogen) atoms. The zero-order chi connectivity index (χ0) is 13.6. The Bertz CT molecular complexity index is 368. The van der Waals surface area contributed by atoms with Crippen LogP contribution in [-0.2, 0) is 9.59 Å². The molecular weight excluding hydrogens is 224 g/mol. The topological polar surface area (TPSA) is 86.7 Å². The number of terminal acetylenes is 1. The predicted molar refractivity (Wildman–Crippen MR) is 61.0 cm³/mol. The zero-order valence-electron chi connectivity index (χ0n) is 10.1. The highest BCUT2D eigenvalue weighted by Crippen LogP contribution is 2.19. The Morgan fingerprint density at radius 2 is 1.94 bits per heavy atom. The molecule has 0 aliphatic rings. The summed E-state index contributed by atoms with van der Waals surface area (Å²) in [4.78, 5) is 34.7. The van der Waals surface area contributed by atoms with Crippen LogP contribution in [0.4, 0.5) is 4.79 Å². The summed E-state index contributed by atoms with van der Waals surface area (Å²) in [6, 6.07) is -0.644. The minimum absolute atomic E-state index is 0.0709. The molecule has 0 aromatic carbocycles. The van der Waals surface area contributed by atoms with Crippen LogP contribution in [0.5, 0.6) is 0 Å². The molecule has 0 atom stereocenters. The Hall–Kier alpha value is -2.03. The Labute approximate surface area is 100.0 Å². The predicted octanol–water partition coefficient (Wildman–Crippen LogP) is 0.288. The fourth-order valence-corrected chi connectivity index (χ4v) is 0.945. The number of nitrogens with one attached hydrogen (secondary N) is 1. The van der Waals surface area contributed by atoms with Crippen molar-refractivity contribution >= 4 is 17.9 Å². The zero-order valence-corrected chi connectivity index (χ0v) is 10.1. The molecule has 0 aromatic rings. The monoisotopic (exact) mass is 240 g/mol. The molecule has 0 radical (unpaired) electrons. The van der Waals surface area contributed by atoms with E-state index in [0.717, 1.165) is 4.90 Å². The number of carboxylic acid groups (broad SMARTS) is 1. The van der Waals surface area contributed by atoms with Crippen molar-refractivity contribution in [2.75, 3.05) is 13.6 Å². The van der Waals surface area contributed by atoms with Gasteiger partial charge in [-0.15, -0.1) is 6.42 Å². The highest BCUT2D eigenvalue weighted by Gasteiger charge is 2.30. The summed E-state index contributed by atoms with van der Waals surface area (Å²) in [5.74, 6) is 0.501. The van der Waals surface area contributed by atoms with Gasteiger partial charge in [-0.1, -0.05) is 5.92 Å². The van der Waals surface area contributed by atoms with E-state index in [0.29, 0.717) is 0 Å². The molecule has 0 aromatic heterocycles. The molecule has 0 heterocycles. The minimum Gasteiger partial charge on any atom is -0.481 e. The Balaban J connectivity index is 4.34. The molecule has 6 heteroatoms. The number of hydrogen-bond donors (Lipinski definition) is 2. The number of amides is 3. The van der Waals surface area contributed by atoms with E-state index >= 15 is 0 Å². The molecule has 0 aliphatic heterocycles. The molecule has 6 nitrogen and oxygen atoms in total. The van der Waals surface area contributed by atoms with Gasteiger partial charge in [-0.3, -0.25) is 14.9 Å². The maximum absolute atomic E-state index is 11.4. The van der Waals surface area contributed by atoms with E-state index in [-0.39, 0.29) is 13.0 Å². The number of carboxylic acids is 1. The molecule has 0 fully saturated rings. The SMILES string of the molecule is C#CCN(C)C(=O)NC(=O)CC(C)(C)C(=O)O. The molecule has 0 unspecified atom stereocenters. The van der Waals surface area contributed by atoms with E-state index in [2.05, 4.69) is 11.2 Å². The van der Waals surface area contributed by atoms with Gasteiger partial charge in [-0.05, 0) is 13.8 Å². The van der Waals surface area contributed by atoms with Gasteiger partial charge in [0.05, 0.1) is 12.0 Å². The van der Waals surface area contributed by atoms with Crippen LogP contribution in [0.15, 0.2) is 0 Å². The molecule has 0 bridgehead atoms. The van der Waals surface area contributed by atoms with Crippen molar-refractivity contribution in [3.63, 3.8) is 0 Å². The summed E-state index contributed by atoms with van der Waals surface area (Å²) in [6.45, 7) is 2.89. The second kappa shape index (κ2) is 5.89. The molecule has 0 spiro atoms. The summed E-state index contributed by atoms with van der Waals surface area (Å²) in [6.07, 6.45) is 4.73. The molecule has 0 rings (SSSR count). The number of imide groups is 1. The Morgan fingerprint density at radius 1 is 1.41 bits per heavy atom. The highest BCUT2D eigenvalue weighted by molar-refractivity contribution is 5.96. The van der Waals surface area contributed by atoms with E-state index in [9.17, 15) is 14.4 Å². The molecule has 0 saturated carbocycles. The van der Waals surface area contributed by atoms with Gasteiger partial charge in [-0.25, -0.2) is 4.79 Å². The highest BCUT2D eigenvalue weighted by atomic mass is 16.4. The van der Waals surface area contributed by atoms with Gasteiger partial charge in [-0.2, -0.15) is 0 Å². The van der Waals surface area contributed by atoms with Crippen LogP contribution in [0.1, 0.15) is 20.3 Å². The fraction of sp³-hybridized carbons (Fsp3) is 0.545. The third-order valence-corrected chi connectivity index (χ3v) is 2.10. The first-order valence-corrected chi connectivity index (χ1v) is 4.92. The summed E-state index contributed by atoms with van der Waals surface area (Å²) in [7, 11) is 1.44. The first-order valence-electron chi connectivity index (χ1n) is 4.92. The number of rotatable bonds is 4. The molecule has 0 saturated heterocycles. The fourth-order valence-electron chi connectivity index (χ4n) is 0.945. The van der Waals surface area contributed by atoms with Crippen LogP contribution in [0.2, 0.25) is 0 Å². The van der Waals surface area contributed by atoms with Gasteiger partial charge in [0.2, 0.25) is 5.91 Å². The van der Waals surface area contributed by atoms with Crippen LogP contribution < -0.4 is 5.32 Å². The first-order chi connectivity index (χ1) is 7.70. The summed E-state index contributed by atoms with van der Waals surface area (Å²) in [5.41, 5.74) is -1.21. The molecule has 3 amide bonds. The molecule has 94 valence electrons. The Kier molecular flexibility index (Phi) is 5.19. The quantitative estimate of drug-likeness (QED) is 0.691. The van der Waals surface area contributed by atoms with Crippen molar-refractivity contribution < 1.29 is 19.5 Å². The van der Waals surface area contributed by atoms with Gasteiger partial charge in [0.25, 0.3) is 0 Å².